The van der Waals surface area contributed by atoms with Gasteiger partial charge < -0.3 is 20.7 Å². The van der Waals surface area contributed by atoms with Crippen molar-refractivity contribution < 1.29 is 28.1 Å². The van der Waals surface area contributed by atoms with Gasteiger partial charge in [0.15, 0.2) is 0 Å². The summed E-state index contributed by atoms with van der Waals surface area (Å²) in [6, 6.07) is 11.8. The van der Waals surface area contributed by atoms with Crippen molar-refractivity contribution >= 4 is 0 Å². The first-order valence-electron chi connectivity index (χ1n) is 9.62. The molecule has 0 aliphatic carbocycles. The predicted octanol–water partition coefficient (Wildman–Crippen LogP) is 3.50. The van der Waals surface area contributed by atoms with Crippen LogP contribution in [-0.2, 0) is 25.4 Å². The van der Waals surface area contributed by atoms with Crippen LogP contribution in [0, 0.1) is 0 Å². The van der Waals surface area contributed by atoms with E-state index in [0.29, 0.717) is 12.0 Å². The van der Waals surface area contributed by atoms with Crippen LogP contribution in [0.15, 0.2) is 42.5 Å². The highest BCUT2D eigenvalue weighted by atomic mass is 19.4. The van der Waals surface area contributed by atoms with E-state index >= 15 is 0 Å². The molecule has 4 N–H and O–H groups in total. The molecular weight excluding hydrogens is 383 g/mol. The quantitative estimate of drug-likeness (QED) is 0.559. The van der Waals surface area contributed by atoms with Gasteiger partial charge in [-0.15, -0.1) is 0 Å². The molecule has 0 unspecified atom stereocenters. The number of hydrogen-bond acceptors (Lipinski definition) is 4. The minimum atomic E-state index is -4.55. The fourth-order valence-corrected chi connectivity index (χ4v) is 2.97. The summed E-state index contributed by atoms with van der Waals surface area (Å²) in [5.74, 6) is -0.212. The van der Waals surface area contributed by atoms with Crippen molar-refractivity contribution in [2.24, 2.45) is 5.73 Å². The van der Waals surface area contributed by atoms with Gasteiger partial charge in [0.05, 0.1) is 30.9 Å². The Balaban J connectivity index is 2.09. The number of hydrogen-bond donors (Lipinski definition) is 3. The third kappa shape index (κ3) is 6.73. The second-order valence-electron chi connectivity index (χ2n) is 7.28. The number of aliphatic hydroxyl groups is 2. The minimum absolute atomic E-state index is 0.135. The Morgan fingerprint density at radius 2 is 1.59 bits per heavy atom. The van der Waals surface area contributed by atoms with Gasteiger partial charge in [0.2, 0.25) is 0 Å². The number of rotatable bonds is 10. The van der Waals surface area contributed by atoms with E-state index in [2.05, 4.69) is 0 Å². The minimum Gasteiger partial charge on any atom is -0.493 e. The molecule has 0 saturated heterocycles. The normalized spacial score (nSPS) is 12.2. The topological polar surface area (TPSA) is 75.7 Å². The number of benzene rings is 2. The number of halogens is 3. The highest BCUT2D eigenvalue weighted by molar-refractivity contribution is 5.39. The van der Waals surface area contributed by atoms with Crippen LogP contribution in [0.4, 0.5) is 13.2 Å². The van der Waals surface area contributed by atoms with Crippen LogP contribution in [0.3, 0.4) is 0 Å². The van der Waals surface area contributed by atoms with E-state index in [9.17, 15) is 23.4 Å². The smallest absolute Gasteiger partial charge is 0.419 e. The molecule has 0 aromatic heterocycles. The maximum Gasteiger partial charge on any atom is 0.419 e. The van der Waals surface area contributed by atoms with Crippen LogP contribution in [0.5, 0.6) is 5.75 Å². The number of ether oxygens (including phenoxy) is 1. The zero-order valence-electron chi connectivity index (χ0n) is 16.5. The van der Waals surface area contributed by atoms with Gasteiger partial charge in [0.1, 0.15) is 5.75 Å². The van der Waals surface area contributed by atoms with Gasteiger partial charge in [-0.05, 0) is 48.1 Å². The molecule has 0 fully saturated rings. The lowest BCUT2D eigenvalue weighted by molar-refractivity contribution is -0.139. The molecule has 0 spiro atoms. The van der Waals surface area contributed by atoms with Crippen LogP contribution >= 0.6 is 0 Å². The zero-order valence-corrected chi connectivity index (χ0v) is 16.5. The summed E-state index contributed by atoms with van der Waals surface area (Å²) in [5, 5.41) is 18.5. The second kappa shape index (κ2) is 10.1. The molecule has 2 aromatic rings. The molecule has 0 atom stereocenters. The van der Waals surface area contributed by atoms with E-state index in [0.717, 1.165) is 18.1 Å². The monoisotopic (exact) mass is 411 g/mol. The lowest BCUT2D eigenvalue weighted by atomic mass is 9.93. The molecule has 0 saturated carbocycles. The summed E-state index contributed by atoms with van der Waals surface area (Å²) in [6.45, 7) is 1.28. The fraction of sp³-hybridized carbons (Fsp3) is 0.455. The first-order chi connectivity index (χ1) is 13.7. The molecule has 7 heteroatoms. The number of nitrogens with two attached hydrogens (primary N) is 1. The molecule has 0 bridgehead atoms. The van der Waals surface area contributed by atoms with Crippen LogP contribution in [0.2, 0.25) is 0 Å². The van der Waals surface area contributed by atoms with E-state index in [1.54, 1.807) is 6.07 Å². The Kier molecular flexibility index (Phi) is 8.07. The fourth-order valence-electron chi connectivity index (χ4n) is 2.97. The van der Waals surface area contributed by atoms with Crippen LogP contribution in [0.25, 0.3) is 0 Å². The van der Waals surface area contributed by atoms with E-state index in [-0.39, 0.29) is 25.2 Å². The molecule has 160 valence electrons. The average molecular weight is 411 g/mol. The van der Waals surface area contributed by atoms with E-state index in [1.807, 2.05) is 31.2 Å². The molecule has 2 aromatic carbocycles. The highest BCUT2D eigenvalue weighted by Gasteiger charge is 2.35. The van der Waals surface area contributed by atoms with Gasteiger partial charge in [-0.2, -0.15) is 13.2 Å². The van der Waals surface area contributed by atoms with E-state index in [4.69, 9.17) is 10.5 Å². The number of aliphatic hydroxyl groups excluding tert-OH is 2. The summed E-state index contributed by atoms with van der Waals surface area (Å²) >= 11 is 0. The van der Waals surface area contributed by atoms with Gasteiger partial charge in [-0.1, -0.05) is 37.3 Å². The molecule has 4 nitrogen and oxygen atoms in total. The Morgan fingerprint density at radius 3 is 2.21 bits per heavy atom. The number of aryl methyl sites for hydroxylation is 2. The molecule has 0 aliphatic rings. The highest BCUT2D eigenvalue weighted by Crippen LogP contribution is 2.37. The van der Waals surface area contributed by atoms with Crippen LogP contribution in [-0.4, -0.2) is 35.6 Å². The van der Waals surface area contributed by atoms with Gasteiger partial charge in [-0.25, -0.2) is 0 Å². The maximum atomic E-state index is 13.5. The van der Waals surface area contributed by atoms with E-state index in [1.165, 1.54) is 11.6 Å². The average Bonchev–Trinajstić information content (AvgIpc) is 2.72. The van der Waals surface area contributed by atoms with Crippen molar-refractivity contribution in [2.45, 2.75) is 44.3 Å². The lowest BCUT2D eigenvalue weighted by Crippen LogP contribution is -2.47. The zero-order chi connectivity index (χ0) is 21.5. The third-order valence-electron chi connectivity index (χ3n) is 4.94. The molecule has 0 aliphatic heterocycles. The number of alkyl halides is 3. The summed E-state index contributed by atoms with van der Waals surface area (Å²) in [5.41, 5.74) is 6.33. The van der Waals surface area contributed by atoms with Crippen LogP contribution in [0.1, 0.15) is 35.6 Å². The summed E-state index contributed by atoms with van der Waals surface area (Å²) in [7, 11) is 0. The van der Waals surface area contributed by atoms with Crippen molar-refractivity contribution in [3.8, 4) is 5.75 Å². The molecule has 0 amide bonds. The Morgan fingerprint density at radius 1 is 0.931 bits per heavy atom. The van der Waals surface area contributed by atoms with Gasteiger partial charge >= 0.3 is 6.18 Å². The lowest BCUT2D eigenvalue weighted by Gasteiger charge is -2.24. The van der Waals surface area contributed by atoms with Crippen molar-refractivity contribution in [3.63, 3.8) is 0 Å². The van der Waals surface area contributed by atoms with Crippen LogP contribution < -0.4 is 10.5 Å². The Hall–Kier alpha value is -2.09. The summed E-state index contributed by atoms with van der Waals surface area (Å²) in [4.78, 5) is 0. The largest absolute Gasteiger partial charge is 0.493 e. The Bertz CT molecular complexity index is 789. The first-order valence-corrected chi connectivity index (χ1v) is 9.62. The van der Waals surface area contributed by atoms with Crippen molar-refractivity contribution in [1.82, 2.24) is 0 Å². The third-order valence-corrected chi connectivity index (χ3v) is 4.94. The maximum absolute atomic E-state index is 13.5. The van der Waals surface area contributed by atoms with Crippen molar-refractivity contribution in [2.75, 3.05) is 19.8 Å². The SMILES string of the molecule is CCc1cccc(CCOc2ccc(CCC(N)(CO)CO)cc2C(F)(F)F)c1. The van der Waals surface area contributed by atoms with E-state index < -0.39 is 30.5 Å². The standard InChI is InChI=1S/C22H28F3NO3/c1-2-16-4-3-5-17(12-16)9-11-29-20-7-6-18(13-19(20)22(23,24)25)8-10-21(26,14-27)15-28/h3-7,12-13,27-28H,2,8-11,14-15,26H2,1H3. The molecule has 2 rings (SSSR count). The van der Waals surface area contributed by atoms with Crippen molar-refractivity contribution in [3.05, 3.63) is 64.7 Å². The van der Waals surface area contributed by atoms with Gasteiger partial charge in [0, 0.05) is 6.42 Å². The predicted molar refractivity (Wildman–Crippen MR) is 106 cm³/mol. The van der Waals surface area contributed by atoms with Gasteiger partial charge in [0.25, 0.3) is 0 Å². The second-order valence-corrected chi connectivity index (χ2v) is 7.28. The van der Waals surface area contributed by atoms with Gasteiger partial charge in [-0.3, -0.25) is 0 Å². The summed E-state index contributed by atoms with van der Waals surface area (Å²) < 4.78 is 46.0. The molecule has 0 radical (unpaired) electrons. The molecule has 0 heterocycles. The molecule has 29 heavy (non-hydrogen) atoms. The Labute approximate surface area is 169 Å². The first kappa shape index (κ1) is 23.2. The summed E-state index contributed by atoms with van der Waals surface area (Å²) in [6.07, 6.45) is -2.79. The molecular formula is C22H28F3NO3. The van der Waals surface area contributed by atoms with Crippen molar-refractivity contribution in [1.29, 1.82) is 0 Å².